The molecule has 0 saturated heterocycles. The van der Waals surface area contributed by atoms with Gasteiger partial charge in [-0.15, -0.1) is 0 Å². The molecule has 0 N–H and O–H groups in total. The second-order valence-electron chi connectivity index (χ2n) is 9.12. The van der Waals surface area contributed by atoms with Gasteiger partial charge in [0, 0.05) is 0 Å². The van der Waals surface area contributed by atoms with Crippen molar-refractivity contribution in [3.8, 4) is 0 Å². The van der Waals surface area contributed by atoms with E-state index in [0.29, 0.717) is 0 Å². The molecule has 2 heteroatoms. The van der Waals surface area contributed by atoms with Gasteiger partial charge in [-0.2, -0.15) is 0 Å². The summed E-state index contributed by atoms with van der Waals surface area (Å²) < 4.78 is 0. The van der Waals surface area contributed by atoms with E-state index in [1.165, 1.54) is 22.2 Å². The molecule has 21 heavy (non-hydrogen) atoms. The van der Waals surface area contributed by atoms with E-state index in [2.05, 4.69) is 79.3 Å². The van der Waals surface area contributed by atoms with E-state index in [9.17, 15) is 0 Å². The standard InChI is InChI=1S/C19H32BN/c1-17(2,3)13-11-14(18(4,5)6)16(20-21-10)15(12-13)19(7,8)9/h11-12H,1-10H3. The second kappa shape index (κ2) is 5.70. The van der Waals surface area contributed by atoms with Crippen LogP contribution < -0.4 is 5.46 Å². The molecule has 0 atom stereocenters. The summed E-state index contributed by atoms with van der Waals surface area (Å²) in [5, 5.41) is 0. The zero-order valence-electron chi connectivity index (χ0n) is 15.7. The molecule has 0 aliphatic rings. The number of benzene rings is 1. The SMILES string of the molecule is CN=Bc1c(C(C)(C)C)cc(C(C)(C)C)cc1C(C)(C)C. The average molecular weight is 285 g/mol. The quantitative estimate of drug-likeness (QED) is 0.662. The predicted molar refractivity (Wildman–Crippen MR) is 96.3 cm³/mol. The Morgan fingerprint density at radius 2 is 1.10 bits per heavy atom. The van der Waals surface area contributed by atoms with Gasteiger partial charge in [-0.05, 0) is 0 Å². The van der Waals surface area contributed by atoms with E-state index in [-0.39, 0.29) is 16.2 Å². The molecule has 0 bridgehead atoms. The zero-order valence-corrected chi connectivity index (χ0v) is 15.7. The van der Waals surface area contributed by atoms with Crippen molar-refractivity contribution in [3.63, 3.8) is 0 Å². The van der Waals surface area contributed by atoms with E-state index in [0.717, 1.165) is 0 Å². The van der Waals surface area contributed by atoms with Crippen molar-refractivity contribution >= 4 is 12.5 Å². The molecule has 0 unspecified atom stereocenters. The summed E-state index contributed by atoms with van der Waals surface area (Å²) in [4.78, 5) is 4.32. The van der Waals surface area contributed by atoms with E-state index in [1.807, 2.05) is 14.1 Å². The zero-order chi connectivity index (χ0) is 16.6. The van der Waals surface area contributed by atoms with Gasteiger partial charge < -0.3 is 0 Å². The third-order valence-corrected chi connectivity index (χ3v) is 3.92. The van der Waals surface area contributed by atoms with Crippen molar-refractivity contribution in [3.05, 3.63) is 28.8 Å². The van der Waals surface area contributed by atoms with Crippen LogP contribution in [0.5, 0.6) is 0 Å². The molecule has 0 spiro atoms. The third kappa shape index (κ3) is 4.28. The molecule has 0 radical (unpaired) electrons. The molecule has 0 heterocycles. The van der Waals surface area contributed by atoms with Gasteiger partial charge in [-0.1, -0.05) is 0 Å². The van der Waals surface area contributed by atoms with Crippen LogP contribution in [-0.4, -0.2) is 14.1 Å². The van der Waals surface area contributed by atoms with Gasteiger partial charge in [-0.25, -0.2) is 0 Å². The first-order valence-electron chi connectivity index (χ1n) is 7.90. The van der Waals surface area contributed by atoms with Gasteiger partial charge in [-0.3, -0.25) is 0 Å². The number of nitrogens with zero attached hydrogens (tertiary/aromatic N) is 1. The molecule has 1 aromatic carbocycles. The Hall–Kier alpha value is -0.915. The molecule has 0 fully saturated rings. The Morgan fingerprint density at radius 3 is 1.33 bits per heavy atom. The van der Waals surface area contributed by atoms with Gasteiger partial charge >= 0.3 is 132 Å². The molecular formula is C19H32BN. The molecule has 1 rings (SSSR count). The molecular weight excluding hydrogens is 253 g/mol. The van der Waals surface area contributed by atoms with Gasteiger partial charge in [0.1, 0.15) is 0 Å². The molecule has 0 aliphatic carbocycles. The van der Waals surface area contributed by atoms with E-state index in [4.69, 9.17) is 0 Å². The summed E-state index contributed by atoms with van der Waals surface area (Å²) in [6.07, 6.45) is 0. The Morgan fingerprint density at radius 1 is 0.714 bits per heavy atom. The molecule has 1 nitrogen and oxygen atoms in total. The van der Waals surface area contributed by atoms with Crippen LogP contribution in [0, 0.1) is 0 Å². The van der Waals surface area contributed by atoms with Crippen molar-refractivity contribution in [1.29, 1.82) is 0 Å². The van der Waals surface area contributed by atoms with Crippen molar-refractivity contribution in [2.45, 2.75) is 78.6 Å². The predicted octanol–water partition coefficient (Wildman–Crippen LogP) is 4.72. The van der Waals surface area contributed by atoms with E-state index < -0.39 is 0 Å². The summed E-state index contributed by atoms with van der Waals surface area (Å²) >= 11 is 0. The van der Waals surface area contributed by atoms with Crippen LogP contribution in [-0.2, 0) is 16.2 Å². The molecule has 0 saturated carbocycles. The van der Waals surface area contributed by atoms with Crippen LogP contribution in [0.1, 0.15) is 79.0 Å². The fourth-order valence-electron chi connectivity index (χ4n) is 2.60. The summed E-state index contributed by atoms with van der Waals surface area (Å²) in [7, 11) is 3.89. The van der Waals surface area contributed by atoms with E-state index >= 15 is 0 Å². The third-order valence-electron chi connectivity index (χ3n) is 3.92. The van der Waals surface area contributed by atoms with Gasteiger partial charge in [0.2, 0.25) is 0 Å². The minimum atomic E-state index is 0.109. The number of hydrogen-bond acceptors (Lipinski definition) is 1. The van der Waals surface area contributed by atoms with Crippen molar-refractivity contribution in [2.75, 3.05) is 7.05 Å². The second-order valence-corrected chi connectivity index (χ2v) is 9.12. The van der Waals surface area contributed by atoms with Crippen molar-refractivity contribution in [2.24, 2.45) is 4.90 Å². The van der Waals surface area contributed by atoms with Gasteiger partial charge in [0.25, 0.3) is 0 Å². The topological polar surface area (TPSA) is 12.4 Å². The maximum atomic E-state index is 4.32. The van der Waals surface area contributed by atoms with Gasteiger partial charge in [0.15, 0.2) is 0 Å². The maximum absolute atomic E-state index is 4.32. The fraction of sp³-hybridized carbons (Fsp3) is 0.684. The molecule has 0 aliphatic heterocycles. The Kier molecular flexibility index (Phi) is 4.92. The monoisotopic (exact) mass is 285 g/mol. The first kappa shape index (κ1) is 18.1. The van der Waals surface area contributed by atoms with Crippen LogP contribution in [0.4, 0.5) is 0 Å². The normalized spacial score (nSPS) is 13.6. The molecule has 116 valence electrons. The summed E-state index contributed by atoms with van der Waals surface area (Å²) in [5.74, 6) is 0. The Bertz CT molecular complexity index is 499. The molecule has 0 amide bonds. The molecule has 1 aromatic rings. The fourth-order valence-corrected chi connectivity index (χ4v) is 2.60. The summed E-state index contributed by atoms with van der Waals surface area (Å²) in [6, 6.07) is 4.76. The van der Waals surface area contributed by atoms with Crippen LogP contribution in [0.25, 0.3) is 0 Å². The number of hydrogen-bond donors (Lipinski definition) is 0. The first-order valence-corrected chi connectivity index (χ1v) is 7.90. The summed E-state index contributed by atoms with van der Waals surface area (Å²) in [5.41, 5.74) is 5.87. The van der Waals surface area contributed by atoms with Crippen LogP contribution in [0.15, 0.2) is 17.0 Å². The number of rotatable bonds is 1. The van der Waals surface area contributed by atoms with Crippen LogP contribution >= 0.6 is 0 Å². The Labute approximate surface area is 132 Å². The molecule has 0 aromatic heterocycles. The van der Waals surface area contributed by atoms with Gasteiger partial charge in [0.05, 0.1) is 0 Å². The van der Waals surface area contributed by atoms with Crippen LogP contribution in [0.3, 0.4) is 0 Å². The minimum absolute atomic E-state index is 0.109. The Balaban J connectivity index is 3.84. The van der Waals surface area contributed by atoms with Crippen molar-refractivity contribution < 1.29 is 0 Å². The average Bonchev–Trinajstić information content (AvgIpc) is 2.24. The van der Waals surface area contributed by atoms with Crippen LogP contribution in [0.2, 0.25) is 0 Å². The summed E-state index contributed by atoms with van der Waals surface area (Å²) in [6.45, 7) is 20.6. The van der Waals surface area contributed by atoms with Crippen molar-refractivity contribution in [1.82, 2.24) is 0 Å². The first-order chi connectivity index (χ1) is 9.28. The van der Waals surface area contributed by atoms with E-state index in [1.54, 1.807) is 0 Å².